The lowest BCUT2D eigenvalue weighted by Gasteiger charge is -2.38. The summed E-state index contributed by atoms with van der Waals surface area (Å²) in [6, 6.07) is 10.5. The minimum Gasteiger partial charge on any atom is -0.391 e. The number of aliphatic hydroxyl groups excluding tert-OH is 2. The third-order valence-corrected chi connectivity index (χ3v) is 5.75. The van der Waals surface area contributed by atoms with Gasteiger partial charge in [-0.2, -0.15) is 0 Å². The van der Waals surface area contributed by atoms with Gasteiger partial charge in [-0.15, -0.1) is 0 Å². The fraction of sp³-hybridized carbons (Fsp3) is 0.750. The van der Waals surface area contributed by atoms with E-state index in [4.69, 9.17) is 0 Å². The van der Waals surface area contributed by atoms with Gasteiger partial charge in [0.25, 0.3) is 0 Å². The van der Waals surface area contributed by atoms with Crippen LogP contribution >= 0.6 is 0 Å². The standard InChI is InChI=1S/C24H44NO2/c1-2-3-4-5-6-7-8-9-10-11-15-18-25(19-21-26,20-22-27)23-24-16-13-12-14-17-24/h12-14,16-17,26-27H,2-11,15,18-23H2,1H3/q+1. The first kappa shape index (κ1) is 24.1. The van der Waals surface area contributed by atoms with Crippen molar-refractivity contribution in [2.75, 3.05) is 32.8 Å². The molecule has 0 saturated heterocycles. The molecule has 0 radical (unpaired) electrons. The molecule has 0 aliphatic carbocycles. The van der Waals surface area contributed by atoms with E-state index in [-0.39, 0.29) is 13.2 Å². The van der Waals surface area contributed by atoms with Crippen LogP contribution in [0, 0.1) is 0 Å². The normalized spacial score (nSPS) is 11.8. The number of quaternary nitrogens is 1. The van der Waals surface area contributed by atoms with Crippen molar-refractivity contribution in [3.8, 4) is 0 Å². The van der Waals surface area contributed by atoms with Crippen molar-refractivity contribution >= 4 is 0 Å². The molecular weight excluding hydrogens is 334 g/mol. The van der Waals surface area contributed by atoms with Crippen molar-refractivity contribution in [3.05, 3.63) is 35.9 Å². The van der Waals surface area contributed by atoms with E-state index in [2.05, 4.69) is 31.2 Å². The molecule has 3 nitrogen and oxygen atoms in total. The molecule has 2 N–H and O–H groups in total. The molecule has 0 aromatic heterocycles. The zero-order valence-corrected chi connectivity index (χ0v) is 17.7. The molecule has 0 bridgehead atoms. The molecule has 0 aliphatic rings. The van der Waals surface area contributed by atoms with E-state index < -0.39 is 0 Å². The van der Waals surface area contributed by atoms with Crippen molar-refractivity contribution in [3.63, 3.8) is 0 Å². The van der Waals surface area contributed by atoms with E-state index in [0.717, 1.165) is 30.7 Å². The molecule has 0 spiro atoms. The fourth-order valence-electron chi connectivity index (χ4n) is 4.08. The van der Waals surface area contributed by atoms with E-state index >= 15 is 0 Å². The molecule has 0 saturated carbocycles. The topological polar surface area (TPSA) is 40.5 Å². The van der Waals surface area contributed by atoms with Gasteiger partial charge in [-0.3, -0.25) is 0 Å². The first-order valence-electron chi connectivity index (χ1n) is 11.4. The first-order valence-corrected chi connectivity index (χ1v) is 11.4. The van der Waals surface area contributed by atoms with Crippen LogP contribution in [-0.2, 0) is 6.54 Å². The van der Waals surface area contributed by atoms with Crippen LogP contribution < -0.4 is 0 Å². The molecule has 1 rings (SSSR count). The lowest BCUT2D eigenvalue weighted by atomic mass is 10.1. The van der Waals surface area contributed by atoms with Crippen molar-refractivity contribution in [1.29, 1.82) is 0 Å². The van der Waals surface area contributed by atoms with Crippen LogP contribution in [-0.4, -0.2) is 47.5 Å². The number of aliphatic hydroxyl groups is 2. The van der Waals surface area contributed by atoms with Gasteiger partial charge in [0.05, 0.1) is 19.8 Å². The SMILES string of the molecule is CCCCCCCCCCCCC[N+](CCO)(CCO)Cc1ccccc1. The highest BCUT2D eigenvalue weighted by Gasteiger charge is 2.26. The number of nitrogens with zero attached hydrogens (tertiary/aromatic N) is 1. The summed E-state index contributed by atoms with van der Waals surface area (Å²) in [4.78, 5) is 0. The third-order valence-electron chi connectivity index (χ3n) is 5.75. The second-order valence-electron chi connectivity index (χ2n) is 8.14. The number of hydrogen-bond acceptors (Lipinski definition) is 2. The predicted octanol–water partition coefficient (Wildman–Crippen LogP) is 5.30. The number of unbranched alkanes of at least 4 members (excludes halogenated alkanes) is 10. The molecule has 0 atom stereocenters. The van der Waals surface area contributed by atoms with Gasteiger partial charge in [-0.1, -0.05) is 95.0 Å². The molecule has 1 aromatic carbocycles. The molecular formula is C24H44NO2+. The summed E-state index contributed by atoms with van der Waals surface area (Å²) in [6.45, 7) is 6.05. The van der Waals surface area contributed by atoms with Crippen molar-refractivity contribution in [2.24, 2.45) is 0 Å². The van der Waals surface area contributed by atoms with E-state index in [1.165, 1.54) is 76.2 Å². The quantitative estimate of drug-likeness (QED) is 0.269. The zero-order valence-electron chi connectivity index (χ0n) is 17.7. The third kappa shape index (κ3) is 11.5. The molecule has 1 aromatic rings. The van der Waals surface area contributed by atoms with Crippen LogP contribution in [0.3, 0.4) is 0 Å². The predicted molar refractivity (Wildman–Crippen MR) is 116 cm³/mol. The van der Waals surface area contributed by atoms with E-state index in [1.807, 2.05) is 6.07 Å². The number of hydrogen-bond donors (Lipinski definition) is 2. The maximum Gasteiger partial charge on any atom is 0.104 e. The zero-order chi connectivity index (χ0) is 19.6. The first-order chi connectivity index (χ1) is 13.3. The minimum absolute atomic E-state index is 0.185. The van der Waals surface area contributed by atoms with Gasteiger partial charge in [-0.05, 0) is 12.8 Å². The summed E-state index contributed by atoms with van der Waals surface area (Å²) in [5.41, 5.74) is 1.29. The Kier molecular flexibility index (Phi) is 14.4. The van der Waals surface area contributed by atoms with Gasteiger partial charge in [0.15, 0.2) is 0 Å². The second kappa shape index (κ2) is 16.1. The summed E-state index contributed by atoms with van der Waals surface area (Å²) in [5, 5.41) is 19.2. The van der Waals surface area contributed by atoms with Crippen LogP contribution in [0.1, 0.15) is 83.1 Å². The van der Waals surface area contributed by atoms with Crippen LogP contribution in [0.2, 0.25) is 0 Å². The molecule has 0 aliphatic heterocycles. The van der Waals surface area contributed by atoms with Crippen molar-refractivity contribution < 1.29 is 14.7 Å². The molecule has 0 amide bonds. The fourth-order valence-corrected chi connectivity index (χ4v) is 4.08. The Morgan fingerprint density at radius 1 is 0.630 bits per heavy atom. The summed E-state index contributed by atoms with van der Waals surface area (Å²) in [7, 11) is 0. The van der Waals surface area contributed by atoms with Crippen molar-refractivity contribution in [1.82, 2.24) is 0 Å². The second-order valence-corrected chi connectivity index (χ2v) is 8.14. The Balaban J connectivity index is 2.27. The smallest absolute Gasteiger partial charge is 0.104 e. The Labute approximate surface area is 168 Å². The average molecular weight is 379 g/mol. The summed E-state index contributed by atoms with van der Waals surface area (Å²) in [5.74, 6) is 0. The van der Waals surface area contributed by atoms with Gasteiger partial charge in [0.1, 0.15) is 19.6 Å². The number of rotatable bonds is 18. The molecule has 3 heteroatoms. The number of benzene rings is 1. The van der Waals surface area contributed by atoms with Crippen LogP contribution in [0.4, 0.5) is 0 Å². The lowest BCUT2D eigenvalue weighted by molar-refractivity contribution is -0.941. The Hall–Kier alpha value is -0.900. The Bertz CT molecular complexity index is 429. The molecule has 0 fully saturated rings. The largest absolute Gasteiger partial charge is 0.391 e. The van der Waals surface area contributed by atoms with Gasteiger partial charge in [0, 0.05) is 5.56 Å². The highest BCUT2D eigenvalue weighted by atomic mass is 16.3. The van der Waals surface area contributed by atoms with E-state index in [1.54, 1.807) is 0 Å². The Morgan fingerprint density at radius 2 is 1.11 bits per heavy atom. The van der Waals surface area contributed by atoms with E-state index in [0.29, 0.717) is 0 Å². The average Bonchev–Trinajstić information content (AvgIpc) is 2.67. The molecule has 0 unspecified atom stereocenters. The lowest BCUT2D eigenvalue weighted by Crippen LogP contribution is -2.51. The maximum absolute atomic E-state index is 9.59. The monoisotopic (exact) mass is 378 g/mol. The van der Waals surface area contributed by atoms with Gasteiger partial charge in [-0.25, -0.2) is 0 Å². The van der Waals surface area contributed by atoms with Crippen LogP contribution in [0.5, 0.6) is 0 Å². The van der Waals surface area contributed by atoms with Crippen LogP contribution in [0.25, 0.3) is 0 Å². The highest BCUT2D eigenvalue weighted by molar-refractivity contribution is 5.13. The molecule has 0 heterocycles. The summed E-state index contributed by atoms with van der Waals surface area (Å²) in [6.07, 6.45) is 14.8. The van der Waals surface area contributed by atoms with Gasteiger partial charge in [0.2, 0.25) is 0 Å². The summed E-state index contributed by atoms with van der Waals surface area (Å²) >= 11 is 0. The molecule has 156 valence electrons. The minimum atomic E-state index is 0.185. The Morgan fingerprint density at radius 3 is 1.59 bits per heavy atom. The van der Waals surface area contributed by atoms with Gasteiger partial charge < -0.3 is 14.7 Å². The van der Waals surface area contributed by atoms with Gasteiger partial charge >= 0.3 is 0 Å². The maximum atomic E-state index is 9.59. The highest BCUT2D eigenvalue weighted by Crippen LogP contribution is 2.18. The summed E-state index contributed by atoms with van der Waals surface area (Å²) < 4.78 is 0.800. The molecule has 27 heavy (non-hydrogen) atoms. The van der Waals surface area contributed by atoms with E-state index in [9.17, 15) is 10.2 Å². The van der Waals surface area contributed by atoms with Crippen molar-refractivity contribution in [2.45, 2.75) is 84.1 Å². The van der Waals surface area contributed by atoms with Crippen LogP contribution in [0.15, 0.2) is 30.3 Å².